The molecule has 0 amide bonds. The van der Waals surface area contributed by atoms with Crippen molar-refractivity contribution in [2.24, 2.45) is 0 Å². The number of aromatic nitrogens is 2. The molecule has 7 heteroatoms. The van der Waals surface area contributed by atoms with Crippen LogP contribution in [0.4, 0.5) is 11.5 Å². The number of sulfonamides is 1. The van der Waals surface area contributed by atoms with Crippen LogP contribution in [0.25, 0.3) is 10.8 Å². The lowest BCUT2D eigenvalue weighted by molar-refractivity contribution is 0.602. The molecule has 21 heavy (non-hydrogen) atoms. The second-order valence-corrected chi connectivity index (χ2v) is 6.06. The highest BCUT2D eigenvalue weighted by Gasteiger charge is 2.18. The largest absolute Gasteiger partial charge is 0.398 e. The Kier molecular flexibility index (Phi) is 3.19. The molecule has 106 valence electrons. The molecule has 6 nitrogen and oxygen atoms in total. The van der Waals surface area contributed by atoms with Gasteiger partial charge in [0.2, 0.25) is 0 Å². The molecule has 3 N–H and O–H groups in total. The van der Waals surface area contributed by atoms with Crippen molar-refractivity contribution < 1.29 is 8.42 Å². The average Bonchev–Trinajstić information content (AvgIpc) is 2.48. The van der Waals surface area contributed by atoms with Crippen molar-refractivity contribution in [3.63, 3.8) is 0 Å². The van der Waals surface area contributed by atoms with Crippen LogP contribution in [0.1, 0.15) is 0 Å². The summed E-state index contributed by atoms with van der Waals surface area (Å²) in [4.78, 5) is 0.151. The van der Waals surface area contributed by atoms with Crippen LogP contribution in [0.5, 0.6) is 0 Å². The van der Waals surface area contributed by atoms with Crippen molar-refractivity contribution in [1.82, 2.24) is 10.2 Å². The number of hydrogen-bond donors (Lipinski definition) is 2. The Morgan fingerprint density at radius 1 is 0.952 bits per heavy atom. The topological polar surface area (TPSA) is 98.0 Å². The van der Waals surface area contributed by atoms with Crippen LogP contribution >= 0.6 is 0 Å². The summed E-state index contributed by atoms with van der Waals surface area (Å²) in [5.41, 5.74) is 6.41. The summed E-state index contributed by atoms with van der Waals surface area (Å²) in [7, 11) is -3.76. The number of hydrogen-bond acceptors (Lipinski definition) is 5. The van der Waals surface area contributed by atoms with Gasteiger partial charge in [-0.2, -0.15) is 5.10 Å². The van der Waals surface area contributed by atoms with Gasteiger partial charge in [-0.1, -0.05) is 24.3 Å². The summed E-state index contributed by atoms with van der Waals surface area (Å²) < 4.78 is 27.4. The third-order valence-electron chi connectivity index (χ3n) is 3.02. The highest BCUT2D eigenvalue weighted by Crippen LogP contribution is 2.28. The molecule has 1 aromatic heterocycles. The quantitative estimate of drug-likeness (QED) is 0.721. The van der Waals surface area contributed by atoms with Crippen molar-refractivity contribution in [2.75, 3.05) is 10.5 Å². The highest BCUT2D eigenvalue weighted by molar-refractivity contribution is 7.93. The van der Waals surface area contributed by atoms with Crippen molar-refractivity contribution in [3.8, 4) is 0 Å². The summed E-state index contributed by atoms with van der Waals surface area (Å²) in [6.07, 6.45) is 1.47. The predicted octanol–water partition coefficient (Wildman–Crippen LogP) is 2.01. The molecule has 0 radical (unpaired) electrons. The van der Waals surface area contributed by atoms with E-state index in [1.54, 1.807) is 30.3 Å². The van der Waals surface area contributed by atoms with Crippen molar-refractivity contribution >= 4 is 32.3 Å². The molecule has 0 saturated carbocycles. The molecule has 0 aliphatic carbocycles. The Bertz CT molecular complexity index is 895. The normalized spacial score (nSPS) is 11.4. The van der Waals surface area contributed by atoms with E-state index in [4.69, 9.17) is 5.73 Å². The number of benzene rings is 2. The fourth-order valence-electron chi connectivity index (χ4n) is 2.08. The predicted molar refractivity (Wildman–Crippen MR) is 81.2 cm³/mol. The standard InChI is InChI=1S/C14H12N4O2S/c15-12-7-8-13(11-5-2-1-4-10(11)12)21(19,20)18-14-6-3-9-16-17-14/h1-9H,15H2,(H,17,18). The van der Waals surface area contributed by atoms with E-state index in [2.05, 4.69) is 14.9 Å². The van der Waals surface area contributed by atoms with E-state index in [1.807, 2.05) is 6.07 Å². The molecule has 3 rings (SSSR count). The number of nitrogens with one attached hydrogen (secondary N) is 1. The summed E-state index contributed by atoms with van der Waals surface area (Å²) in [5, 5.41) is 8.62. The van der Waals surface area contributed by atoms with E-state index in [0.29, 0.717) is 16.5 Å². The summed E-state index contributed by atoms with van der Waals surface area (Å²) in [6.45, 7) is 0. The molecule has 0 aliphatic rings. The van der Waals surface area contributed by atoms with E-state index in [1.165, 1.54) is 18.3 Å². The fraction of sp³-hybridized carbons (Fsp3) is 0. The van der Waals surface area contributed by atoms with Gasteiger partial charge in [0.25, 0.3) is 10.0 Å². The maximum Gasteiger partial charge on any atom is 0.263 e. The third kappa shape index (κ3) is 2.50. The number of nitrogen functional groups attached to an aromatic ring is 1. The number of rotatable bonds is 3. The Morgan fingerprint density at radius 3 is 2.43 bits per heavy atom. The molecule has 0 bridgehead atoms. The molecule has 1 heterocycles. The van der Waals surface area contributed by atoms with Crippen LogP contribution < -0.4 is 10.5 Å². The van der Waals surface area contributed by atoms with Crippen LogP contribution in [-0.4, -0.2) is 18.6 Å². The van der Waals surface area contributed by atoms with Gasteiger partial charge in [-0.05, 0) is 24.3 Å². The summed E-state index contributed by atoms with van der Waals surface area (Å²) in [5.74, 6) is 0.165. The van der Waals surface area contributed by atoms with Crippen LogP contribution in [0.3, 0.4) is 0 Å². The monoisotopic (exact) mass is 300 g/mol. The van der Waals surface area contributed by atoms with Gasteiger partial charge in [-0.25, -0.2) is 8.42 Å². The zero-order chi connectivity index (χ0) is 14.9. The highest BCUT2D eigenvalue weighted by atomic mass is 32.2. The summed E-state index contributed by atoms with van der Waals surface area (Å²) >= 11 is 0. The van der Waals surface area contributed by atoms with Gasteiger partial charge in [-0.15, -0.1) is 5.10 Å². The van der Waals surface area contributed by atoms with Gasteiger partial charge in [-0.3, -0.25) is 4.72 Å². The molecular formula is C14H12N4O2S. The molecule has 0 aliphatic heterocycles. The first kappa shape index (κ1) is 13.3. The van der Waals surface area contributed by atoms with Gasteiger partial charge < -0.3 is 5.73 Å². The fourth-order valence-corrected chi connectivity index (χ4v) is 3.29. The van der Waals surface area contributed by atoms with Gasteiger partial charge in [0.15, 0.2) is 5.82 Å². The van der Waals surface area contributed by atoms with Crippen LogP contribution in [0, 0.1) is 0 Å². The molecular weight excluding hydrogens is 288 g/mol. The van der Waals surface area contributed by atoms with E-state index >= 15 is 0 Å². The molecule has 0 spiro atoms. The van der Waals surface area contributed by atoms with Crippen molar-refractivity contribution in [3.05, 3.63) is 54.7 Å². The Hall–Kier alpha value is -2.67. The molecule has 0 atom stereocenters. The lowest BCUT2D eigenvalue weighted by Gasteiger charge is -2.10. The first-order valence-electron chi connectivity index (χ1n) is 6.16. The minimum Gasteiger partial charge on any atom is -0.398 e. The number of nitrogens with two attached hydrogens (primary N) is 1. The molecule has 0 saturated heterocycles. The number of anilines is 2. The minimum absolute atomic E-state index is 0.151. The van der Waals surface area contributed by atoms with Crippen LogP contribution in [0.2, 0.25) is 0 Å². The Morgan fingerprint density at radius 2 is 1.71 bits per heavy atom. The third-order valence-corrected chi connectivity index (χ3v) is 4.43. The van der Waals surface area contributed by atoms with E-state index in [0.717, 1.165) is 0 Å². The van der Waals surface area contributed by atoms with E-state index in [9.17, 15) is 8.42 Å². The smallest absolute Gasteiger partial charge is 0.263 e. The summed E-state index contributed by atoms with van der Waals surface area (Å²) in [6, 6.07) is 13.3. The lowest BCUT2D eigenvalue weighted by atomic mass is 10.1. The van der Waals surface area contributed by atoms with Gasteiger partial charge in [0, 0.05) is 22.7 Å². The molecule has 0 fully saturated rings. The Balaban J connectivity index is 2.14. The van der Waals surface area contributed by atoms with Crippen LogP contribution in [-0.2, 0) is 10.0 Å². The minimum atomic E-state index is -3.76. The van der Waals surface area contributed by atoms with Crippen molar-refractivity contribution in [1.29, 1.82) is 0 Å². The van der Waals surface area contributed by atoms with Gasteiger partial charge >= 0.3 is 0 Å². The lowest BCUT2D eigenvalue weighted by Crippen LogP contribution is -2.14. The Labute approximate surface area is 121 Å². The van der Waals surface area contributed by atoms with Crippen molar-refractivity contribution in [2.45, 2.75) is 4.90 Å². The molecule has 3 aromatic rings. The SMILES string of the molecule is Nc1ccc(S(=O)(=O)Nc2cccnn2)c2ccccc12. The zero-order valence-corrected chi connectivity index (χ0v) is 11.7. The maximum absolute atomic E-state index is 12.5. The first-order chi connectivity index (χ1) is 10.1. The average molecular weight is 300 g/mol. The van der Waals surface area contributed by atoms with Gasteiger partial charge in [0.05, 0.1) is 4.90 Å². The van der Waals surface area contributed by atoms with E-state index in [-0.39, 0.29) is 10.7 Å². The van der Waals surface area contributed by atoms with Crippen LogP contribution in [0.15, 0.2) is 59.6 Å². The maximum atomic E-state index is 12.5. The molecule has 2 aromatic carbocycles. The first-order valence-corrected chi connectivity index (χ1v) is 7.64. The zero-order valence-electron chi connectivity index (χ0n) is 10.9. The van der Waals surface area contributed by atoms with Gasteiger partial charge in [0.1, 0.15) is 0 Å². The number of nitrogens with zero attached hydrogens (tertiary/aromatic N) is 2. The number of fused-ring (bicyclic) bond motifs is 1. The van der Waals surface area contributed by atoms with E-state index < -0.39 is 10.0 Å². The second kappa shape index (κ2) is 5.02. The molecule has 0 unspecified atom stereocenters. The second-order valence-electron chi connectivity index (χ2n) is 4.41.